The molecule has 1 atom stereocenters. The van der Waals surface area contributed by atoms with Crippen LogP contribution in [0.25, 0.3) is 0 Å². The van der Waals surface area contributed by atoms with Crippen LogP contribution in [-0.2, 0) is 14.3 Å². The molecule has 1 aliphatic heterocycles. The molecule has 1 rings (SSSR count). The zero-order valence-corrected chi connectivity index (χ0v) is 12.7. The molecule has 0 aromatic heterocycles. The topological polar surface area (TPSA) is 96.4 Å². The molecule has 0 spiro atoms. The number of amides is 2. The van der Waals surface area contributed by atoms with Gasteiger partial charge in [0, 0.05) is 13.0 Å². The highest BCUT2D eigenvalue weighted by Gasteiger charge is 2.30. The van der Waals surface area contributed by atoms with Gasteiger partial charge in [-0.15, -0.1) is 0 Å². The van der Waals surface area contributed by atoms with Crippen LogP contribution in [0.5, 0.6) is 0 Å². The van der Waals surface area contributed by atoms with Crippen molar-refractivity contribution in [2.75, 3.05) is 19.8 Å². The van der Waals surface area contributed by atoms with Crippen LogP contribution in [0, 0.1) is 17.2 Å². The van der Waals surface area contributed by atoms with Gasteiger partial charge in [-0.1, -0.05) is 19.9 Å². The summed E-state index contributed by atoms with van der Waals surface area (Å²) >= 11 is 0. The summed E-state index contributed by atoms with van der Waals surface area (Å²) in [7, 11) is 0. The minimum Gasteiger partial charge on any atom is -0.379 e. The minimum atomic E-state index is -0.402. The van der Waals surface area contributed by atoms with Crippen molar-refractivity contribution in [3.63, 3.8) is 0 Å². The first-order chi connectivity index (χ1) is 9.95. The zero-order chi connectivity index (χ0) is 15.8. The van der Waals surface area contributed by atoms with E-state index in [4.69, 9.17) is 15.7 Å². The molecule has 0 unspecified atom stereocenters. The number of primary amides is 1. The highest BCUT2D eigenvalue weighted by atomic mass is 16.5. The molecule has 1 aliphatic rings. The fraction of sp³-hybridized carbons (Fsp3) is 0.667. The third-order valence-corrected chi connectivity index (χ3v) is 3.29. The molecule has 6 heteroatoms. The number of hydrogen-bond acceptors (Lipinski definition) is 4. The Morgan fingerprint density at radius 2 is 2.24 bits per heavy atom. The number of allylic oxidation sites excluding steroid dienone is 1. The third-order valence-electron chi connectivity index (χ3n) is 3.29. The fourth-order valence-corrected chi connectivity index (χ4v) is 2.31. The Labute approximate surface area is 125 Å². The number of ether oxygens (including phenoxy) is 1. The number of hydrogen-bond donors (Lipinski definition) is 1. The van der Waals surface area contributed by atoms with Crippen molar-refractivity contribution in [2.24, 2.45) is 11.7 Å². The number of nitriles is 1. The van der Waals surface area contributed by atoms with E-state index >= 15 is 0 Å². The predicted octanol–water partition coefficient (Wildman–Crippen LogP) is 0.975. The standard InChI is InChI=1S/C15H23N3O3/c1-11(2)8-12(9-16)15(20)18-6-3-4-13(18)10-21-7-5-14(17)19/h8,11,13H,3-7,10H2,1-2H3,(H2,17,19)/t13-/m1/s1. The molecule has 6 nitrogen and oxygen atoms in total. The Balaban J connectivity index is 2.58. The second-order valence-corrected chi connectivity index (χ2v) is 5.52. The van der Waals surface area contributed by atoms with Gasteiger partial charge in [-0.25, -0.2) is 0 Å². The predicted molar refractivity (Wildman–Crippen MR) is 77.9 cm³/mol. The number of carbonyl (C=O) groups is 2. The van der Waals surface area contributed by atoms with Crippen LogP contribution in [0.3, 0.4) is 0 Å². The molecule has 2 N–H and O–H groups in total. The van der Waals surface area contributed by atoms with Crippen molar-refractivity contribution in [3.05, 3.63) is 11.6 Å². The molecular formula is C15H23N3O3. The first-order valence-corrected chi connectivity index (χ1v) is 7.24. The maximum atomic E-state index is 12.4. The van der Waals surface area contributed by atoms with Gasteiger partial charge in [0.15, 0.2) is 0 Å². The van der Waals surface area contributed by atoms with E-state index in [9.17, 15) is 9.59 Å². The largest absolute Gasteiger partial charge is 0.379 e. The summed E-state index contributed by atoms with van der Waals surface area (Å²) in [6, 6.07) is 1.95. The molecule has 0 saturated carbocycles. The third kappa shape index (κ3) is 5.56. The highest BCUT2D eigenvalue weighted by Crippen LogP contribution is 2.20. The molecule has 0 aromatic carbocycles. The van der Waals surface area contributed by atoms with Gasteiger partial charge in [0.25, 0.3) is 5.91 Å². The van der Waals surface area contributed by atoms with Crippen LogP contribution in [0.1, 0.15) is 33.1 Å². The van der Waals surface area contributed by atoms with Crippen LogP contribution in [-0.4, -0.2) is 42.5 Å². The molecule has 0 bridgehead atoms. The van der Waals surface area contributed by atoms with Crippen molar-refractivity contribution in [2.45, 2.75) is 39.2 Å². The van der Waals surface area contributed by atoms with E-state index in [2.05, 4.69) is 0 Å². The van der Waals surface area contributed by atoms with Crippen LogP contribution >= 0.6 is 0 Å². The van der Waals surface area contributed by atoms with Crippen LogP contribution in [0.4, 0.5) is 0 Å². The smallest absolute Gasteiger partial charge is 0.264 e. The molecule has 21 heavy (non-hydrogen) atoms. The summed E-state index contributed by atoms with van der Waals surface area (Å²) < 4.78 is 5.41. The lowest BCUT2D eigenvalue weighted by Crippen LogP contribution is -2.39. The lowest BCUT2D eigenvalue weighted by Gasteiger charge is -2.24. The van der Waals surface area contributed by atoms with Gasteiger partial charge in [-0.2, -0.15) is 5.26 Å². The molecule has 1 fully saturated rings. The molecule has 2 amide bonds. The van der Waals surface area contributed by atoms with E-state index in [-0.39, 0.29) is 36.5 Å². The van der Waals surface area contributed by atoms with E-state index in [1.54, 1.807) is 11.0 Å². The van der Waals surface area contributed by atoms with Crippen LogP contribution in [0.15, 0.2) is 11.6 Å². The summed E-state index contributed by atoms with van der Waals surface area (Å²) in [5.74, 6) is -0.482. The van der Waals surface area contributed by atoms with Gasteiger partial charge >= 0.3 is 0 Å². The quantitative estimate of drug-likeness (QED) is 0.430. The molecule has 1 heterocycles. The van der Waals surface area contributed by atoms with Gasteiger partial charge in [0.05, 0.1) is 19.3 Å². The second kappa shape index (κ2) is 8.42. The van der Waals surface area contributed by atoms with Gasteiger partial charge in [-0.3, -0.25) is 9.59 Å². The Bertz CT molecular complexity index is 452. The summed E-state index contributed by atoms with van der Waals surface area (Å²) in [4.78, 5) is 24.7. The number of likely N-dealkylation sites (tertiary alicyclic amines) is 1. The van der Waals surface area contributed by atoms with Crippen molar-refractivity contribution < 1.29 is 14.3 Å². The maximum absolute atomic E-state index is 12.4. The summed E-state index contributed by atoms with van der Waals surface area (Å²) in [6.45, 7) is 5.14. The maximum Gasteiger partial charge on any atom is 0.264 e. The Hall–Kier alpha value is -1.87. The SMILES string of the molecule is CC(C)C=C(C#N)C(=O)N1CCC[C@@H]1COCCC(N)=O. The second-order valence-electron chi connectivity index (χ2n) is 5.52. The van der Waals surface area contributed by atoms with E-state index in [1.807, 2.05) is 19.9 Å². The number of rotatable bonds is 7. The monoisotopic (exact) mass is 293 g/mol. The highest BCUT2D eigenvalue weighted by molar-refractivity contribution is 5.97. The van der Waals surface area contributed by atoms with Gasteiger partial charge in [-0.05, 0) is 18.8 Å². The molecule has 0 radical (unpaired) electrons. The van der Waals surface area contributed by atoms with Crippen molar-refractivity contribution in [3.8, 4) is 6.07 Å². The van der Waals surface area contributed by atoms with E-state index in [1.165, 1.54) is 0 Å². The summed E-state index contributed by atoms with van der Waals surface area (Å²) in [6.07, 6.45) is 3.61. The van der Waals surface area contributed by atoms with Crippen LogP contribution in [0.2, 0.25) is 0 Å². The first kappa shape index (κ1) is 17.2. The summed E-state index contributed by atoms with van der Waals surface area (Å²) in [5.41, 5.74) is 5.23. The Morgan fingerprint density at radius 3 is 2.81 bits per heavy atom. The number of nitrogens with zero attached hydrogens (tertiary/aromatic N) is 2. The lowest BCUT2D eigenvalue weighted by atomic mass is 10.1. The lowest BCUT2D eigenvalue weighted by molar-refractivity contribution is -0.129. The Morgan fingerprint density at radius 1 is 1.52 bits per heavy atom. The van der Waals surface area contributed by atoms with Crippen molar-refractivity contribution >= 4 is 11.8 Å². The van der Waals surface area contributed by atoms with E-state index in [0.29, 0.717) is 13.2 Å². The Kier molecular flexibility index (Phi) is 6.89. The van der Waals surface area contributed by atoms with Gasteiger partial charge < -0.3 is 15.4 Å². The van der Waals surface area contributed by atoms with Gasteiger partial charge in [0.1, 0.15) is 11.6 Å². The number of nitrogens with two attached hydrogens (primary N) is 1. The first-order valence-electron chi connectivity index (χ1n) is 7.24. The zero-order valence-electron chi connectivity index (χ0n) is 12.7. The molecule has 1 saturated heterocycles. The fourth-order valence-electron chi connectivity index (χ4n) is 2.31. The normalized spacial score (nSPS) is 18.9. The minimum absolute atomic E-state index is 0.0331. The van der Waals surface area contributed by atoms with E-state index < -0.39 is 5.91 Å². The van der Waals surface area contributed by atoms with E-state index in [0.717, 1.165) is 12.8 Å². The number of carbonyl (C=O) groups excluding carboxylic acids is 2. The average molecular weight is 293 g/mol. The van der Waals surface area contributed by atoms with Gasteiger partial charge in [0.2, 0.25) is 5.91 Å². The summed E-state index contributed by atoms with van der Waals surface area (Å²) in [5, 5.41) is 9.12. The average Bonchev–Trinajstić information content (AvgIpc) is 2.88. The molecule has 0 aliphatic carbocycles. The molecule has 0 aromatic rings. The van der Waals surface area contributed by atoms with Crippen LogP contribution < -0.4 is 5.73 Å². The van der Waals surface area contributed by atoms with Crippen molar-refractivity contribution in [1.29, 1.82) is 5.26 Å². The molecular weight excluding hydrogens is 270 g/mol. The van der Waals surface area contributed by atoms with Crippen molar-refractivity contribution in [1.82, 2.24) is 4.90 Å². The molecule has 116 valence electrons.